The second-order valence-electron chi connectivity index (χ2n) is 4.04. The Kier molecular flexibility index (Phi) is 5.15. The number of aromatic nitrogens is 1. The molecule has 0 amide bonds. The van der Waals surface area contributed by atoms with Crippen LogP contribution < -0.4 is 34.7 Å². The number of aromatic carboxylic acids is 1. The summed E-state index contributed by atoms with van der Waals surface area (Å²) in [5.74, 6) is -2.02. The number of rotatable bonds is 1. The van der Waals surface area contributed by atoms with E-state index >= 15 is 0 Å². The number of fused-ring (bicyclic) bond motifs is 1. The molecule has 0 radical (unpaired) electrons. The first kappa shape index (κ1) is 18.7. The van der Waals surface area contributed by atoms with E-state index in [1.165, 1.54) is 0 Å². The van der Waals surface area contributed by atoms with E-state index in [9.17, 15) is 36.2 Å². The van der Waals surface area contributed by atoms with Gasteiger partial charge >= 0.3 is 41.9 Å². The predicted octanol–water partition coefficient (Wildman–Crippen LogP) is -0.360. The molecule has 3 nitrogen and oxygen atoms in total. The first-order chi connectivity index (χ1) is 9.51. The summed E-state index contributed by atoms with van der Waals surface area (Å²) in [6, 6.07) is 2.49. The molecule has 2 rings (SSSR count). The number of pyridine rings is 1. The van der Waals surface area contributed by atoms with Crippen molar-refractivity contribution in [1.82, 2.24) is 4.98 Å². The molecule has 10 heteroatoms. The van der Waals surface area contributed by atoms with E-state index in [1.807, 2.05) is 0 Å². The SMILES string of the molecule is O=C([O-])c1cc(C(F)(F)F)nc2c(C(F)(F)F)cccc12.[Na+]. The molecule has 1 heterocycles. The van der Waals surface area contributed by atoms with E-state index in [-0.39, 0.29) is 35.6 Å². The Morgan fingerprint density at radius 3 is 2.09 bits per heavy atom. The smallest absolute Gasteiger partial charge is 0.545 e. The van der Waals surface area contributed by atoms with Crippen LogP contribution in [0.5, 0.6) is 0 Å². The Hall–Kier alpha value is -1.32. The molecule has 0 aliphatic carbocycles. The second kappa shape index (κ2) is 6.05. The Morgan fingerprint density at radius 1 is 1.05 bits per heavy atom. The van der Waals surface area contributed by atoms with Crippen molar-refractivity contribution < 1.29 is 65.8 Å². The number of carbonyl (C=O) groups is 1. The van der Waals surface area contributed by atoms with Crippen molar-refractivity contribution in [3.63, 3.8) is 0 Å². The zero-order valence-electron chi connectivity index (χ0n) is 10.8. The van der Waals surface area contributed by atoms with Crippen molar-refractivity contribution in [3.05, 3.63) is 41.1 Å². The van der Waals surface area contributed by atoms with Gasteiger partial charge in [-0.05, 0) is 12.1 Å². The molecule has 2 aromatic rings. The zero-order chi connectivity index (χ0) is 16.0. The number of carboxylic acids is 1. The molecule has 0 N–H and O–H groups in total. The van der Waals surface area contributed by atoms with Crippen molar-refractivity contribution >= 4 is 16.9 Å². The monoisotopic (exact) mass is 331 g/mol. The number of hydrogen-bond acceptors (Lipinski definition) is 3. The van der Waals surface area contributed by atoms with Crippen LogP contribution in [0.1, 0.15) is 21.6 Å². The van der Waals surface area contributed by atoms with E-state index in [0.29, 0.717) is 6.07 Å². The number of halogens is 6. The summed E-state index contributed by atoms with van der Waals surface area (Å²) < 4.78 is 76.3. The van der Waals surface area contributed by atoms with Gasteiger partial charge in [-0.3, -0.25) is 0 Å². The van der Waals surface area contributed by atoms with Crippen molar-refractivity contribution in [2.24, 2.45) is 0 Å². The van der Waals surface area contributed by atoms with Crippen LogP contribution in [0.15, 0.2) is 24.3 Å². The van der Waals surface area contributed by atoms with Gasteiger partial charge in [0, 0.05) is 10.9 Å². The average Bonchev–Trinajstić information content (AvgIpc) is 2.34. The van der Waals surface area contributed by atoms with Crippen LogP contribution in [0, 0.1) is 0 Å². The molecular formula is C12H4F6NNaO2. The summed E-state index contributed by atoms with van der Waals surface area (Å²) >= 11 is 0. The van der Waals surface area contributed by atoms with Crippen LogP contribution in [-0.2, 0) is 12.4 Å². The fourth-order valence-corrected chi connectivity index (χ4v) is 1.79. The van der Waals surface area contributed by atoms with Gasteiger partial charge in [0.2, 0.25) is 0 Å². The third kappa shape index (κ3) is 3.53. The van der Waals surface area contributed by atoms with Gasteiger partial charge < -0.3 is 9.90 Å². The van der Waals surface area contributed by atoms with Crippen molar-refractivity contribution in [2.45, 2.75) is 12.4 Å². The number of para-hydroxylation sites is 1. The summed E-state index contributed by atoms with van der Waals surface area (Å²) in [5.41, 5.74) is -5.27. The third-order valence-electron chi connectivity index (χ3n) is 2.66. The largest absolute Gasteiger partial charge is 1.00 e. The maximum absolute atomic E-state index is 12.8. The zero-order valence-corrected chi connectivity index (χ0v) is 12.8. The number of carboxylic acid groups (broad SMARTS) is 1. The van der Waals surface area contributed by atoms with Gasteiger partial charge in [-0.1, -0.05) is 12.1 Å². The molecule has 0 spiro atoms. The van der Waals surface area contributed by atoms with Crippen molar-refractivity contribution in [3.8, 4) is 0 Å². The molecule has 0 bridgehead atoms. The van der Waals surface area contributed by atoms with Crippen LogP contribution in [0.3, 0.4) is 0 Å². The molecule has 0 fully saturated rings. The van der Waals surface area contributed by atoms with Gasteiger partial charge in [0.1, 0.15) is 5.69 Å². The number of carbonyl (C=O) groups excluding carboxylic acids is 1. The van der Waals surface area contributed by atoms with E-state index < -0.39 is 46.0 Å². The molecule has 0 saturated carbocycles. The maximum Gasteiger partial charge on any atom is 1.00 e. The molecule has 0 aliphatic heterocycles. The topological polar surface area (TPSA) is 53.0 Å². The minimum Gasteiger partial charge on any atom is -0.545 e. The number of hydrogen-bond donors (Lipinski definition) is 0. The van der Waals surface area contributed by atoms with Crippen molar-refractivity contribution in [2.75, 3.05) is 0 Å². The van der Waals surface area contributed by atoms with E-state index in [1.54, 1.807) is 0 Å². The van der Waals surface area contributed by atoms with Gasteiger partial charge in [0.15, 0.2) is 0 Å². The van der Waals surface area contributed by atoms with E-state index in [0.717, 1.165) is 12.1 Å². The van der Waals surface area contributed by atoms with Crippen LogP contribution >= 0.6 is 0 Å². The van der Waals surface area contributed by atoms with Crippen molar-refractivity contribution in [1.29, 1.82) is 0 Å². The number of nitrogens with zero attached hydrogens (tertiary/aromatic N) is 1. The van der Waals surface area contributed by atoms with E-state index in [4.69, 9.17) is 0 Å². The van der Waals surface area contributed by atoms with Crippen LogP contribution in [0.4, 0.5) is 26.3 Å². The Balaban J connectivity index is 0.00000242. The average molecular weight is 331 g/mol. The number of benzene rings is 1. The predicted molar refractivity (Wildman–Crippen MR) is 56.1 cm³/mol. The molecule has 22 heavy (non-hydrogen) atoms. The summed E-state index contributed by atoms with van der Waals surface area (Å²) in [6.07, 6.45) is -10.1. The molecule has 112 valence electrons. The fraction of sp³-hybridized carbons (Fsp3) is 0.167. The van der Waals surface area contributed by atoms with Gasteiger partial charge in [-0.25, -0.2) is 4.98 Å². The van der Waals surface area contributed by atoms with Gasteiger partial charge in [-0.2, -0.15) is 26.3 Å². The van der Waals surface area contributed by atoms with Crippen LogP contribution in [0.25, 0.3) is 10.9 Å². The minimum absolute atomic E-state index is 0. The quantitative estimate of drug-likeness (QED) is 0.530. The fourth-order valence-electron chi connectivity index (χ4n) is 1.79. The summed E-state index contributed by atoms with van der Waals surface area (Å²) in [4.78, 5) is 13.8. The second-order valence-corrected chi connectivity index (χ2v) is 4.04. The molecule has 0 saturated heterocycles. The van der Waals surface area contributed by atoms with Gasteiger partial charge in [-0.15, -0.1) is 0 Å². The normalized spacial score (nSPS) is 12.1. The van der Waals surface area contributed by atoms with Gasteiger partial charge in [0.25, 0.3) is 0 Å². The molecular weight excluding hydrogens is 327 g/mol. The summed E-state index contributed by atoms with van der Waals surface area (Å²) in [7, 11) is 0. The van der Waals surface area contributed by atoms with Gasteiger partial charge in [0.05, 0.1) is 17.0 Å². The van der Waals surface area contributed by atoms with E-state index in [2.05, 4.69) is 4.98 Å². The Bertz CT molecular complexity index is 726. The van der Waals surface area contributed by atoms with Crippen LogP contribution in [0.2, 0.25) is 0 Å². The Morgan fingerprint density at radius 2 is 1.64 bits per heavy atom. The molecule has 1 aromatic carbocycles. The maximum atomic E-state index is 12.8. The molecule has 0 aliphatic rings. The number of alkyl halides is 6. The molecule has 1 aromatic heterocycles. The molecule has 0 atom stereocenters. The summed E-state index contributed by atoms with van der Waals surface area (Å²) in [6.45, 7) is 0. The first-order valence-corrected chi connectivity index (χ1v) is 5.31. The third-order valence-corrected chi connectivity index (χ3v) is 2.66. The summed E-state index contributed by atoms with van der Waals surface area (Å²) in [5, 5.41) is 10.3. The first-order valence-electron chi connectivity index (χ1n) is 5.31. The van der Waals surface area contributed by atoms with Crippen LogP contribution in [-0.4, -0.2) is 11.0 Å². The molecule has 0 unspecified atom stereocenters. The standard InChI is InChI=1S/C12H5F6NO2.Na/c13-11(14,15)7-3-1-2-5-6(10(20)21)4-8(12(16,17)18)19-9(5)7;/h1-4H,(H,20,21);/q;+1/p-1. The Labute approximate surface area is 141 Å². The minimum atomic E-state index is -5.09.